The van der Waals surface area contributed by atoms with E-state index in [0.29, 0.717) is 34.8 Å². The van der Waals surface area contributed by atoms with Crippen LogP contribution >= 0.6 is 0 Å². The number of rotatable bonds is 13. The minimum atomic E-state index is -0.914. The highest BCUT2D eigenvalue weighted by atomic mass is 16.5. The molecule has 1 spiro atoms. The van der Waals surface area contributed by atoms with Crippen LogP contribution in [-0.4, -0.2) is 59.8 Å². The van der Waals surface area contributed by atoms with Gasteiger partial charge in [0.1, 0.15) is 25.2 Å². The third-order valence-electron chi connectivity index (χ3n) is 12.6. The van der Waals surface area contributed by atoms with Crippen LogP contribution in [0.5, 0.6) is 11.5 Å². The van der Waals surface area contributed by atoms with E-state index in [0.717, 1.165) is 62.3 Å². The van der Waals surface area contributed by atoms with Gasteiger partial charge in [0.15, 0.2) is 17.3 Å². The van der Waals surface area contributed by atoms with E-state index in [4.69, 9.17) is 9.47 Å². The Morgan fingerprint density at radius 3 is 2.52 bits per heavy atom. The average molecular weight is 650 g/mol. The number of Topliss-reactive ketones (excluding diaryl/α,β-unsaturated/α-hetero) is 1. The van der Waals surface area contributed by atoms with Gasteiger partial charge in [0.25, 0.3) is 5.91 Å². The Labute approximate surface area is 284 Å². The number of ketones is 1. The first kappa shape index (κ1) is 31.6. The summed E-state index contributed by atoms with van der Waals surface area (Å²) in [6, 6.07) is 24.0. The van der Waals surface area contributed by atoms with E-state index in [1.807, 2.05) is 48.5 Å². The predicted octanol–water partition coefficient (Wildman–Crippen LogP) is 6.35. The Balaban J connectivity index is 1.09. The molecule has 2 saturated carbocycles. The lowest BCUT2D eigenvalue weighted by atomic mass is 9.51. The number of hydrogen-bond acceptors (Lipinski definition) is 5. The second-order valence-electron chi connectivity index (χ2n) is 15.2. The van der Waals surface area contributed by atoms with Crippen molar-refractivity contribution in [2.75, 3.05) is 20.2 Å². The number of benzene rings is 3. The molecular weight excluding hydrogens is 600 g/mol. The van der Waals surface area contributed by atoms with E-state index in [-0.39, 0.29) is 42.1 Å². The summed E-state index contributed by atoms with van der Waals surface area (Å²) in [5.74, 6) is 2.15. The zero-order chi connectivity index (χ0) is 32.9. The van der Waals surface area contributed by atoms with Gasteiger partial charge < -0.3 is 14.6 Å². The van der Waals surface area contributed by atoms with Crippen LogP contribution in [0.1, 0.15) is 84.8 Å². The standard InChI is InChI=1S/C41H48N2O5/c1-47-36-22-18-30-25-33-32-13-8-14-37-41(32,38(30)39(36)48-37)23-24-43(33,26-28-15-16-28)42-40(46)31(19-17-27-9-4-2-5-10-27)35(45)21-20-34(44)29-11-6-3-7-12-29/h2-7,9-12,18,22,28,31-33,35,37,45H,8,13-17,19-21,23-26H2,1H3/p+1/t31?,32-,33+,35?,37-,41+,43?/m0/s1. The lowest BCUT2D eigenvalue weighted by molar-refractivity contribution is -0.995. The number of aliphatic hydroxyl groups excluding tert-OH is 1. The third kappa shape index (κ3) is 5.43. The van der Waals surface area contributed by atoms with Gasteiger partial charge in [0.05, 0.1) is 24.5 Å². The number of aliphatic hydroxyl groups is 1. The Kier molecular flexibility index (Phi) is 8.32. The van der Waals surface area contributed by atoms with Gasteiger partial charge in [0, 0.05) is 42.2 Å². The Morgan fingerprint density at radius 2 is 1.77 bits per heavy atom. The number of ether oxygens (including phenoxy) is 2. The summed E-state index contributed by atoms with van der Waals surface area (Å²) in [6.07, 6.45) is 8.57. The number of methoxy groups -OCH3 is 1. The van der Waals surface area contributed by atoms with Crippen LogP contribution < -0.4 is 14.9 Å². The van der Waals surface area contributed by atoms with Crippen LogP contribution in [0.4, 0.5) is 0 Å². The van der Waals surface area contributed by atoms with Crippen molar-refractivity contribution in [2.45, 2.75) is 94.3 Å². The fourth-order valence-corrected chi connectivity index (χ4v) is 10.1. The molecule has 2 heterocycles. The number of carbonyl (C=O) groups is 2. The topological polar surface area (TPSA) is 84.9 Å². The number of piperidine rings is 1. The number of likely N-dealkylation sites (tertiary alicyclic amines) is 1. The number of carbonyl (C=O) groups excluding carboxylic acids is 2. The molecule has 1 amide bonds. The van der Waals surface area contributed by atoms with Gasteiger partial charge in [-0.3, -0.25) is 9.59 Å². The van der Waals surface area contributed by atoms with Gasteiger partial charge in [-0.05, 0) is 68.6 Å². The van der Waals surface area contributed by atoms with Crippen LogP contribution in [0.2, 0.25) is 0 Å². The molecule has 8 rings (SSSR count). The molecule has 5 aliphatic rings. The maximum absolute atomic E-state index is 14.7. The molecule has 252 valence electrons. The maximum atomic E-state index is 14.7. The molecular formula is C41H49N2O5+. The summed E-state index contributed by atoms with van der Waals surface area (Å²) in [5.41, 5.74) is 8.21. The van der Waals surface area contributed by atoms with Crippen LogP contribution in [0.25, 0.3) is 0 Å². The molecule has 7 heteroatoms. The van der Waals surface area contributed by atoms with E-state index >= 15 is 0 Å². The summed E-state index contributed by atoms with van der Waals surface area (Å²) >= 11 is 0. The van der Waals surface area contributed by atoms with Crippen molar-refractivity contribution in [3.8, 4) is 11.5 Å². The summed E-state index contributed by atoms with van der Waals surface area (Å²) in [4.78, 5) is 27.7. The molecule has 3 aromatic carbocycles. The van der Waals surface area contributed by atoms with Gasteiger partial charge in [0.2, 0.25) is 0 Å². The minimum Gasteiger partial charge on any atom is -0.493 e. The van der Waals surface area contributed by atoms with Gasteiger partial charge >= 0.3 is 0 Å². The molecule has 0 aromatic heterocycles. The van der Waals surface area contributed by atoms with Crippen LogP contribution in [-0.2, 0) is 23.1 Å². The number of quaternary nitrogens is 1. The van der Waals surface area contributed by atoms with E-state index < -0.39 is 12.0 Å². The second-order valence-corrected chi connectivity index (χ2v) is 15.2. The molecule has 3 unspecified atom stereocenters. The molecule has 3 fully saturated rings. The Bertz CT molecular complexity index is 1660. The van der Waals surface area contributed by atoms with Crippen molar-refractivity contribution in [2.24, 2.45) is 17.8 Å². The summed E-state index contributed by atoms with van der Waals surface area (Å²) < 4.78 is 13.2. The highest BCUT2D eigenvalue weighted by Crippen LogP contribution is 2.65. The molecule has 2 aliphatic heterocycles. The van der Waals surface area contributed by atoms with Gasteiger partial charge in [-0.25, -0.2) is 10.0 Å². The van der Waals surface area contributed by atoms with E-state index in [1.54, 1.807) is 7.11 Å². The molecule has 7 atom stereocenters. The smallest absolute Gasteiger partial charge is 0.270 e. The molecule has 0 radical (unpaired) electrons. The predicted molar refractivity (Wildman–Crippen MR) is 184 cm³/mol. The summed E-state index contributed by atoms with van der Waals surface area (Å²) in [6.45, 7) is 1.81. The second kappa shape index (κ2) is 12.6. The normalized spacial score (nSPS) is 29.2. The largest absolute Gasteiger partial charge is 0.493 e. The van der Waals surface area contributed by atoms with Crippen molar-refractivity contribution >= 4 is 11.7 Å². The van der Waals surface area contributed by atoms with E-state index in [9.17, 15) is 14.7 Å². The van der Waals surface area contributed by atoms with Crippen LogP contribution in [0.15, 0.2) is 72.8 Å². The number of aryl methyl sites for hydroxylation is 1. The quantitative estimate of drug-likeness (QED) is 0.167. The van der Waals surface area contributed by atoms with Crippen molar-refractivity contribution in [1.82, 2.24) is 5.43 Å². The maximum Gasteiger partial charge on any atom is 0.270 e. The first-order chi connectivity index (χ1) is 23.4. The average Bonchev–Trinajstić information content (AvgIpc) is 3.86. The SMILES string of the molecule is COc1ccc2c3c1O[C@H]1CCC[C@H]4[C@@H](C2)[N+](CC2CC2)(NC(=O)C(CCc2ccccc2)C(O)CCC(=O)c2ccccc2)CC[C@]314. The number of amides is 1. The lowest BCUT2D eigenvalue weighted by Crippen LogP contribution is -2.77. The molecule has 2 N–H and O–H groups in total. The third-order valence-corrected chi connectivity index (χ3v) is 12.6. The molecule has 1 saturated heterocycles. The number of hydrogen-bond donors (Lipinski definition) is 2. The molecule has 2 bridgehead atoms. The minimum absolute atomic E-state index is 0.00191. The summed E-state index contributed by atoms with van der Waals surface area (Å²) in [5, 5.41) is 11.7. The van der Waals surface area contributed by atoms with Crippen molar-refractivity contribution < 1.29 is 28.8 Å². The Hall–Kier alpha value is -3.68. The van der Waals surface area contributed by atoms with Crippen molar-refractivity contribution in [3.05, 3.63) is 95.1 Å². The van der Waals surface area contributed by atoms with Crippen molar-refractivity contribution in [1.29, 1.82) is 0 Å². The van der Waals surface area contributed by atoms with E-state index in [1.165, 1.54) is 24.0 Å². The number of nitrogens with one attached hydrogen (secondary N) is 1. The molecule has 48 heavy (non-hydrogen) atoms. The fourth-order valence-electron chi connectivity index (χ4n) is 10.1. The highest BCUT2D eigenvalue weighted by Gasteiger charge is 2.69. The monoisotopic (exact) mass is 649 g/mol. The molecule has 3 aliphatic carbocycles. The zero-order valence-corrected chi connectivity index (χ0v) is 28.1. The Morgan fingerprint density at radius 1 is 1.00 bits per heavy atom. The number of nitrogens with zero attached hydrogens (tertiary/aromatic N) is 1. The highest BCUT2D eigenvalue weighted by molar-refractivity contribution is 5.96. The van der Waals surface area contributed by atoms with Gasteiger partial charge in [-0.15, -0.1) is 0 Å². The van der Waals surface area contributed by atoms with Gasteiger partial charge in [-0.1, -0.05) is 66.7 Å². The van der Waals surface area contributed by atoms with Crippen LogP contribution in [0.3, 0.4) is 0 Å². The first-order valence-corrected chi connectivity index (χ1v) is 18.3. The lowest BCUT2D eigenvalue weighted by Gasteiger charge is -2.61. The molecule has 7 nitrogen and oxygen atoms in total. The molecule has 3 aromatic rings. The fraction of sp³-hybridized carbons (Fsp3) is 0.512. The van der Waals surface area contributed by atoms with Crippen molar-refractivity contribution in [3.63, 3.8) is 0 Å². The zero-order valence-electron chi connectivity index (χ0n) is 28.1. The van der Waals surface area contributed by atoms with E-state index in [2.05, 4.69) is 29.7 Å². The van der Waals surface area contributed by atoms with Gasteiger partial charge in [-0.2, -0.15) is 0 Å². The van der Waals surface area contributed by atoms with Crippen LogP contribution in [0, 0.1) is 17.8 Å². The summed E-state index contributed by atoms with van der Waals surface area (Å²) in [7, 11) is 1.73. The first-order valence-electron chi connectivity index (χ1n) is 18.3.